The van der Waals surface area contributed by atoms with E-state index in [9.17, 15) is 5.26 Å². The fourth-order valence-corrected chi connectivity index (χ4v) is 3.10. The zero-order valence-corrected chi connectivity index (χ0v) is 14.9. The van der Waals surface area contributed by atoms with E-state index in [1.54, 1.807) is 0 Å². The van der Waals surface area contributed by atoms with Gasteiger partial charge in [-0.1, -0.05) is 12.1 Å². The predicted molar refractivity (Wildman–Crippen MR) is 96.0 cm³/mol. The molecule has 0 saturated carbocycles. The first-order valence-corrected chi connectivity index (χ1v) is 8.17. The van der Waals surface area contributed by atoms with Crippen molar-refractivity contribution in [3.8, 4) is 18.2 Å². The summed E-state index contributed by atoms with van der Waals surface area (Å²) in [5.74, 6) is 0.0697. The maximum atomic E-state index is 9.61. The topological polar surface area (TPSA) is 83.8 Å². The van der Waals surface area contributed by atoms with Gasteiger partial charge in [0.2, 0.25) is 0 Å². The van der Waals surface area contributed by atoms with Crippen molar-refractivity contribution in [1.29, 1.82) is 15.8 Å². The van der Waals surface area contributed by atoms with E-state index in [0.717, 1.165) is 24.3 Å². The highest BCUT2D eigenvalue weighted by Gasteiger charge is 2.40. The molecule has 1 aliphatic rings. The largest absolute Gasteiger partial charge is 0.480 e. The molecular weight excluding hydrogens is 312 g/mol. The Kier molecular flexibility index (Phi) is 5.16. The molecule has 126 valence electrons. The van der Waals surface area contributed by atoms with Gasteiger partial charge in [0, 0.05) is 24.4 Å². The van der Waals surface area contributed by atoms with Gasteiger partial charge in [-0.15, -0.1) is 0 Å². The van der Waals surface area contributed by atoms with Crippen molar-refractivity contribution in [2.75, 3.05) is 18.0 Å². The number of nitrogens with zero attached hydrogens (tertiary/aromatic N) is 4. The fraction of sp³-hybridized carbons (Fsp3) is 0.350. The van der Waals surface area contributed by atoms with Crippen LogP contribution in [0.3, 0.4) is 0 Å². The van der Waals surface area contributed by atoms with Crippen LogP contribution in [0.2, 0.25) is 0 Å². The van der Waals surface area contributed by atoms with Gasteiger partial charge in [0.1, 0.15) is 29.4 Å². The fourth-order valence-electron chi connectivity index (χ4n) is 3.10. The molecule has 0 saturated heterocycles. The third-order valence-electron chi connectivity index (χ3n) is 4.28. The summed E-state index contributed by atoms with van der Waals surface area (Å²) in [7, 11) is 0. The molecule has 1 heterocycles. The first-order valence-electron chi connectivity index (χ1n) is 8.17. The van der Waals surface area contributed by atoms with E-state index in [4.69, 9.17) is 15.3 Å². The molecule has 0 aliphatic carbocycles. The number of anilines is 1. The number of allylic oxidation sites excluding steroid dienone is 2. The van der Waals surface area contributed by atoms with Crippen LogP contribution in [0.5, 0.6) is 0 Å². The Morgan fingerprint density at radius 2 is 1.60 bits per heavy atom. The zero-order valence-electron chi connectivity index (χ0n) is 14.9. The number of hydrogen-bond donors (Lipinski definition) is 0. The lowest BCUT2D eigenvalue weighted by Gasteiger charge is -2.24. The quantitative estimate of drug-likeness (QED) is 0.780. The molecule has 1 aliphatic heterocycles. The standard InChI is InChI=1S/C20H20N4O/c1-5-24(6-2)16-9-7-14(8-10-16)18-17(13-23)19(15(11-21)12-22)25-20(18,3)4/h7-10H,5-6H2,1-4H3. The smallest absolute Gasteiger partial charge is 0.172 e. The van der Waals surface area contributed by atoms with Crippen molar-refractivity contribution in [1.82, 2.24) is 0 Å². The maximum Gasteiger partial charge on any atom is 0.172 e. The Labute approximate surface area is 148 Å². The van der Waals surface area contributed by atoms with E-state index in [1.165, 1.54) is 0 Å². The molecular formula is C20H20N4O. The average molecular weight is 332 g/mol. The van der Waals surface area contributed by atoms with Gasteiger partial charge in [0.25, 0.3) is 0 Å². The summed E-state index contributed by atoms with van der Waals surface area (Å²) in [5.41, 5.74) is 1.92. The summed E-state index contributed by atoms with van der Waals surface area (Å²) in [6, 6.07) is 13.7. The van der Waals surface area contributed by atoms with E-state index >= 15 is 0 Å². The van der Waals surface area contributed by atoms with Gasteiger partial charge in [-0.3, -0.25) is 0 Å². The maximum absolute atomic E-state index is 9.61. The van der Waals surface area contributed by atoms with Gasteiger partial charge in [-0.2, -0.15) is 15.8 Å². The van der Waals surface area contributed by atoms with Crippen LogP contribution in [0.4, 0.5) is 5.69 Å². The third-order valence-corrected chi connectivity index (χ3v) is 4.28. The monoisotopic (exact) mass is 332 g/mol. The first kappa shape index (κ1) is 18.1. The highest BCUT2D eigenvalue weighted by molar-refractivity contribution is 5.84. The van der Waals surface area contributed by atoms with Crippen LogP contribution in [0, 0.1) is 34.0 Å². The minimum absolute atomic E-state index is 0.0697. The average Bonchev–Trinajstić information content (AvgIpc) is 2.88. The lowest BCUT2D eigenvalue weighted by molar-refractivity contribution is 0.109. The molecule has 1 aromatic rings. The number of ether oxygens (including phenoxy) is 1. The minimum atomic E-state index is -0.796. The van der Waals surface area contributed by atoms with Crippen LogP contribution >= 0.6 is 0 Å². The number of hydrogen-bond acceptors (Lipinski definition) is 5. The molecule has 5 nitrogen and oxygen atoms in total. The SMILES string of the molecule is CCN(CC)c1ccc(C2=C(C#N)C(=C(C#N)C#N)OC2(C)C)cc1. The summed E-state index contributed by atoms with van der Waals surface area (Å²) in [5, 5.41) is 27.9. The van der Waals surface area contributed by atoms with E-state index in [0.29, 0.717) is 5.57 Å². The second-order valence-electron chi connectivity index (χ2n) is 6.12. The van der Waals surface area contributed by atoms with Gasteiger partial charge in [0.05, 0.1) is 0 Å². The van der Waals surface area contributed by atoms with Gasteiger partial charge >= 0.3 is 0 Å². The van der Waals surface area contributed by atoms with Gasteiger partial charge in [-0.05, 0) is 45.4 Å². The second kappa shape index (κ2) is 7.12. The molecule has 1 aromatic carbocycles. The van der Waals surface area contributed by atoms with Gasteiger partial charge in [0.15, 0.2) is 11.3 Å². The van der Waals surface area contributed by atoms with E-state index in [1.807, 2.05) is 50.3 Å². The Morgan fingerprint density at radius 3 is 2.04 bits per heavy atom. The number of nitriles is 3. The van der Waals surface area contributed by atoms with Crippen molar-refractivity contribution in [2.45, 2.75) is 33.3 Å². The lowest BCUT2D eigenvalue weighted by Crippen LogP contribution is -2.22. The normalized spacial score (nSPS) is 15.0. The molecule has 2 rings (SSSR count). The minimum Gasteiger partial charge on any atom is -0.480 e. The number of benzene rings is 1. The lowest BCUT2D eigenvalue weighted by atomic mass is 9.89. The number of rotatable bonds is 4. The van der Waals surface area contributed by atoms with Crippen LogP contribution in [0.15, 0.2) is 41.2 Å². The van der Waals surface area contributed by atoms with Crippen molar-refractivity contribution in [3.63, 3.8) is 0 Å². The summed E-state index contributed by atoms with van der Waals surface area (Å²) < 4.78 is 5.81. The van der Waals surface area contributed by atoms with Gasteiger partial charge in [-0.25, -0.2) is 0 Å². The highest BCUT2D eigenvalue weighted by Crippen LogP contribution is 2.45. The summed E-state index contributed by atoms with van der Waals surface area (Å²) >= 11 is 0. The molecule has 0 amide bonds. The zero-order chi connectivity index (χ0) is 18.6. The molecule has 5 heteroatoms. The van der Waals surface area contributed by atoms with E-state index < -0.39 is 5.60 Å². The summed E-state index contributed by atoms with van der Waals surface area (Å²) in [6.45, 7) is 9.69. The summed E-state index contributed by atoms with van der Waals surface area (Å²) in [6.07, 6.45) is 0. The molecule has 0 N–H and O–H groups in total. The van der Waals surface area contributed by atoms with Crippen LogP contribution in [-0.4, -0.2) is 18.7 Å². The van der Waals surface area contributed by atoms with Crippen molar-refractivity contribution < 1.29 is 4.74 Å². The van der Waals surface area contributed by atoms with Crippen LogP contribution in [-0.2, 0) is 4.74 Å². The van der Waals surface area contributed by atoms with Crippen LogP contribution < -0.4 is 4.90 Å². The van der Waals surface area contributed by atoms with E-state index in [-0.39, 0.29) is 16.9 Å². The highest BCUT2D eigenvalue weighted by atomic mass is 16.5. The molecule has 0 spiro atoms. The molecule has 0 unspecified atom stereocenters. The van der Waals surface area contributed by atoms with Crippen molar-refractivity contribution in [3.05, 3.63) is 46.7 Å². The Balaban J connectivity index is 2.61. The molecule has 0 atom stereocenters. The Morgan fingerprint density at radius 1 is 1.04 bits per heavy atom. The van der Waals surface area contributed by atoms with Gasteiger partial charge < -0.3 is 9.64 Å². The predicted octanol–water partition coefficient (Wildman–Crippen LogP) is 3.92. The van der Waals surface area contributed by atoms with Crippen LogP contribution in [0.1, 0.15) is 33.3 Å². The molecule has 0 bridgehead atoms. The van der Waals surface area contributed by atoms with E-state index in [2.05, 4.69) is 24.8 Å². The Bertz CT molecular complexity index is 835. The van der Waals surface area contributed by atoms with Crippen molar-refractivity contribution >= 4 is 11.3 Å². The van der Waals surface area contributed by atoms with Crippen LogP contribution in [0.25, 0.3) is 5.57 Å². The Hall–Kier alpha value is -3.23. The van der Waals surface area contributed by atoms with Crippen molar-refractivity contribution in [2.24, 2.45) is 0 Å². The summed E-state index contributed by atoms with van der Waals surface area (Å²) in [4.78, 5) is 2.23. The second-order valence-corrected chi connectivity index (χ2v) is 6.12. The third kappa shape index (κ3) is 3.21. The molecule has 0 radical (unpaired) electrons. The molecule has 0 aromatic heterocycles. The molecule has 25 heavy (non-hydrogen) atoms. The first-order chi connectivity index (χ1) is 11.9. The molecule has 0 fully saturated rings.